The molecule has 1 N–H and O–H groups in total. The first-order valence-corrected chi connectivity index (χ1v) is 9.11. The highest BCUT2D eigenvalue weighted by Gasteiger charge is 2.38. The molecular formula is C16H12Cl3F3N6O. The molecule has 3 rings (SSSR count). The van der Waals surface area contributed by atoms with Gasteiger partial charge in [-0.05, 0) is 24.6 Å². The lowest BCUT2D eigenvalue weighted by molar-refractivity contribution is -0.141. The number of carbonyl (C=O) groups is 1. The lowest BCUT2D eigenvalue weighted by Gasteiger charge is -2.05. The first-order valence-electron chi connectivity index (χ1n) is 7.98. The summed E-state index contributed by atoms with van der Waals surface area (Å²) in [5.74, 6) is -0.685. The minimum absolute atomic E-state index is 0.0185. The van der Waals surface area contributed by atoms with Gasteiger partial charge in [0.05, 0.1) is 17.3 Å². The third-order valence-corrected chi connectivity index (χ3v) is 4.87. The molecule has 0 saturated carbocycles. The summed E-state index contributed by atoms with van der Waals surface area (Å²) in [5.41, 5.74) is -0.489. The lowest BCUT2D eigenvalue weighted by atomic mass is 10.2. The van der Waals surface area contributed by atoms with Crippen molar-refractivity contribution in [2.75, 3.05) is 5.32 Å². The lowest BCUT2D eigenvalue weighted by Crippen LogP contribution is -2.21. The van der Waals surface area contributed by atoms with E-state index < -0.39 is 29.3 Å². The molecule has 0 fully saturated rings. The van der Waals surface area contributed by atoms with Crippen LogP contribution in [0.1, 0.15) is 17.0 Å². The van der Waals surface area contributed by atoms with Crippen molar-refractivity contribution in [3.05, 3.63) is 56.5 Å². The summed E-state index contributed by atoms with van der Waals surface area (Å²) in [6.45, 7) is 1.13. The van der Waals surface area contributed by atoms with Crippen molar-refractivity contribution in [2.24, 2.45) is 0 Å². The zero-order valence-electron chi connectivity index (χ0n) is 14.6. The Balaban J connectivity index is 1.66. The number of nitrogens with one attached hydrogen (secondary N) is 1. The van der Waals surface area contributed by atoms with Crippen molar-refractivity contribution in [2.45, 2.75) is 26.2 Å². The molecule has 7 nitrogen and oxygen atoms in total. The highest BCUT2D eigenvalue weighted by Crippen LogP contribution is 2.35. The number of halogens is 6. The predicted molar refractivity (Wildman–Crippen MR) is 101 cm³/mol. The number of carbonyl (C=O) groups excluding carboxylic acids is 1. The summed E-state index contributed by atoms with van der Waals surface area (Å²) < 4.78 is 40.9. The van der Waals surface area contributed by atoms with Gasteiger partial charge in [0.25, 0.3) is 0 Å². The molecule has 1 aromatic carbocycles. The van der Waals surface area contributed by atoms with Crippen LogP contribution in [0.4, 0.5) is 19.1 Å². The van der Waals surface area contributed by atoms with Gasteiger partial charge in [0, 0.05) is 10.0 Å². The van der Waals surface area contributed by atoms with Crippen molar-refractivity contribution in [3.8, 4) is 0 Å². The predicted octanol–water partition coefficient (Wildman–Crippen LogP) is 4.45. The Labute approximate surface area is 177 Å². The maximum atomic E-state index is 12.9. The first kappa shape index (κ1) is 21.4. The number of aromatic nitrogens is 5. The van der Waals surface area contributed by atoms with E-state index in [4.69, 9.17) is 34.8 Å². The highest BCUT2D eigenvalue weighted by molar-refractivity contribution is 6.35. The normalized spacial score (nSPS) is 11.7. The number of hydrogen-bond acceptors (Lipinski definition) is 4. The maximum Gasteiger partial charge on any atom is 0.436 e. The Morgan fingerprint density at radius 1 is 1.21 bits per heavy atom. The van der Waals surface area contributed by atoms with Crippen LogP contribution in [0.5, 0.6) is 0 Å². The molecule has 0 aliphatic carbocycles. The summed E-state index contributed by atoms with van der Waals surface area (Å²) in [6.07, 6.45) is -3.34. The molecular weight excluding hydrogens is 456 g/mol. The van der Waals surface area contributed by atoms with Crippen LogP contribution >= 0.6 is 34.8 Å². The van der Waals surface area contributed by atoms with Crippen LogP contribution in [0.15, 0.2) is 24.5 Å². The Morgan fingerprint density at radius 3 is 2.55 bits per heavy atom. The number of nitrogens with zero attached hydrogens (tertiary/aromatic N) is 5. The molecule has 0 aliphatic rings. The van der Waals surface area contributed by atoms with Crippen LogP contribution in [0.3, 0.4) is 0 Å². The topological polar surface area (TPSA) is 77.6 Å². The second kappa shape index (κ2) is 8.21. The van der Waals surface area contributed by atoms with E-state index in [1.54, 1.807) is 18.2 Å². The van der Waals surface area contributed by atoms with E-state index >= 15 is 0 Å². The average molecular weight is 468 g/mol. The molecule has 0 aliphatic heterocycles. The Bertz CT molecular complexity index is 1060. The molecule has 2 aromatic heterocycles. The monoisotopic (exact) mass is 466 g/mol. The van der Waals surface area contributed by atoms with Crippen LogP contribution in [0.25, 0.3) is 0 Å². The summed E-state index contributed by atoms with van der Waals surface area (Å²) >= 11 is 17.6. The number of amides is 1. The van der Waals surface area contributed by atoms with Crippen LogP contribution in [0, 0.1) is 6.92 Å². The van der Waals surface area contributed by atoms with Crippen molar-refractivity contribution in [3.63, 3.8) is 0 Å². The minimum atomic E-state index is -4.72. The van der Waals surface area contributed by atoms with Gasteiger partial charge in [-0.25, -0.2) is 9.67 Å². The van der Waals surface area contributed by atoms with Crippen LogP contribution in [0.2, 0.25) is 15.1 Å². The quantitative estimate of drug-likeness (QED) is 0.601. The highest BCUT2D eigenvalue weighted by atomic mass is 35.5. The molecule has 0 spiro atoms. The standard InChI is InChI=1S/C16H12Cl3F3N6O/c1-8-13(19)14(16(20,21)22)25-28(8)6-12(29)24-15-23-7-27(26-15)5-9-2-3-10(17)4-11(9)18/h2-4,7H,5-6H2,1H3,(H,24,26,29). The van der Waals surface area contributed by atoms with E-state index in [2.05, 4.69) is 20.5 Å². The van der Waals surface area contributed by atoms with E-state index in [1.807, 2.05) is 0 Å². The van der Waals surface area contributed by atoms with Gasteiger partial charge in [-0.15, -0.1) is 5.10 Å². The fourth-order valence-corrected chi connectivity index (χ4v) is 3.12. The Hall–Kier alpha value is -2.30. The van der Waals surface area contributed by atoms with Crippen molar-refractivity contribution >= 4 is 46.7 Å². The zero-order chi connectivity index (χ0) is 21.3. The second-order valence-corrected chi connectivity index (χ2v) is 7.17. The maximum absolute atomic E-state index is 12.9. The van der Waals surface area contributed by atoms with Gasteiger partial charge in [-0.2, -0.15) is 18.3 Å². The summed E-state index contributed by atoms with van der Waals surface area (Å²) in [4.78, 5) is 16.1. The van der Waals surface area contributed by atoms with Crippen LogP contribution < -0.4 is 5.32 Å². The smallest absolute Gasteiger partial charge is 0.292 e. The SMILES string of the molecule is Cc1c(Cl)c(C(F)(F)F)nn1CC(=O)Nc1ncn(Cc2ccc(Cl)cc2Cl)n1. The van der Waals surface area contributed by atoms with E-state index in [1.165, 1.54) is 17.9 Å². The molecule has 3 aromatic rings. The molecule has 0 radical (unpaired) electrons. The molecule has 0 unspecified atom stereocenters. The van der Waals surface area contributed by atoms with E-state index in [9.17, 15) is 18.0 Å². The average Bonchev–Trinajstić information content (AvgIpc) is 3.16. The van der Waals surface area contributed by atoms with Gasteiger partial charge >= 0.3 is 6.18 Å². The summed E-state index contributed by atoms with van der Waals surface area (Å²) in [6, 6.07) is 4.99. The van der Waals surface area contributed by atoms with Gasteiger partial charge in [0.2, 0.25) is 11.9 Å². The molecule has 0 atom stereocenters. The Kier molecular flexibility index (Phi) is 6.06. The second-order valence-electron chi connectivity index (χ2n) is 5.95. The van der Waals surface area contributed by atoms with Crippen molar-refractivity contribution in [1.29, 1.82) is 0 Å². The molecule has 2 heterocycles. The van der Waals surface area contributed by atoms with Crippen molar-refractivity contribution in [1.82, 2.24) is 24.5 Å². The third kappa shape index (κ3) is 5.01. The molecule has 29 heavy (non-hydrogen) atoms. The Morgan fingerprint density at radius 2 is 1.93 bits per heavy atom. The van der Waals surface area contributed by atoms with Gasteiger partial charge in [-0.1, -0.05) is 40.9 Å². The van der Waals surface area contributed by atoms with Gasteiger partial charge in [-0.3, -0.25) is 14.8 Å². The number of alkyl halides is 3. The fourth-order valence-electron chi connectivity index (χ4n) is 2.41. The molecule has 13 heteroatoms. The number of benzene rings is 1. The van der Waals surface area contributed by atoms with E-state index in [0.29, 0.717) is 10.0 Å². The van der Waals surface area contributed by atoms with Crippen molar-refractivity contribution < 1.29 is 18.0 Å². The molecule has 0 saturated heterocycles. The third-order valence-electron chi connectivity index (χ3n) is 3.83. The van der Waals surface area contributed by atoms with Crippen LogP contribution in [-0.2, 0) is 24.1 Å². The summed E-state index contributed by atoms with van der Waals surface area (Å²) in [5, 5.41) is 10.2. The fraction of sp³-hybridized carbons (Fsp3) is 0.250. The number of hydrogen-bond donors (Lipinski definition) is 1. The number of anilines is 1. The van der Waals surface area contributed by atoms with Gasteiger partial charge < -0.3 is 0 Å². The summed E-state index contributed by atoms with van der Waals surface area (Å²) in [7, 11) is 0. The largest absolute Gasteiger partial charge is 0.436 e. The van der Waals surface area contributed by atoms with E-state index in [-0.39, 0.29) is 18.2 Å². The van der Waals surface area contributed by atoms with Crippen LogP contribution in [-0.4, -0.2) is 30.5 Å². The van der Waals surface area contributed by atoms with E-state index in [0.717, 1.165) is 10.2 Å². The molecule has 1 amide bonds. The molecule has 154 valence electrons. The number of rotatable bonds is 5. The minimum Gasteiger partial charge on any atom is -0.292 e. The zero-order valence-corrected chi connectivity index (χ0v) is 16.9. The van der Waals surface area contributed by atoms with Gasteiger partial charge in [0.15, 0.2) is 5.69 Å². The van der Waals surface area contributed by atoms with Gasteiger partial charge in [0.1, 0.15) is 12.9 Å². The first-order chi connectivity index (χ1) is 13.5. The molecule has 0 bridgehead atoms.